The summed E-state index contributed by atoms with van der Waals surface area (Å²) in [6.07, 6.45) is 4.61. The molecule has 0 aromatic heterocycles. The van der Waals surface area contributed by atoms with Crippen LogP contribution in [0.5, 0.6) is 0 Å². The molecule has 0 aromatic carbocycles. The molecule has 1 saturated carbocycles. The average Bonchev–Trinajstić information content (AvgIpc) is 2.12. The second-order valence-corrected chi connectivity index (χ2v) is 5.04. The highest BCUT2D eigenvalue weighted by molar-refractivity contribution is 5.84. The molecule has 1 aliphatic rings. The maximum atomic E-state index is 11.1. The van der Waals surface area contributed by atoms with Crippen molar-refractivity contribution in [3.8, 4) is 0 Å². The van der Waals surface area contributed by atoms with Crippen molar-refractivity contribution in [1.29, 1.82) is 0 Å². The van der Waals surface area contributed by atoms with E-state index in [2.05, 4.69) is 13.8 Å². The topological polar surface area (TPSA) is 69.1 Å². The molecule has 1 rings (SSSR count). The van der Waals surface area contributed by atoms with E-state index in [0.717, 1.165) is 32.1 Å². The van der Waals surface area contributed by atoms with E-state index in [1.54, 1.807) is 0 Å². The zero-order valence-corrected chi connectivity index (χ0v) is 8.60. The fourth-order valence-corrected chi connectivity index (χ4v) is 1.94. The van der Waals surface area contributed by atoms with Crippen LogP contribution in [0.15, 0.2) is 0 Å². The van der Waals surface area contributed by atoms with Gasteiger partial charge in [-0.05, 0) is 31.1 Å². The van der Waals surface area contributed by atoms with Crippen LogP contribution in [0.2, 0.25) is 0 Å². The maximum Gasteiger partial charge on any atom is 0.237 e. The highest BCUT2D eigenvalue weighted by atomic mass is 16.1. The van der Waals surface area contributed by atoms with Crippen LogP contribution < -0.4 is 11.5 Å². The molecule has 1 fully saturated rings. The predicted molar refractivity (Wildman–Crippen MR) is 53.0 cm³/mol. The van der Waals surface area contributed by atoms with Crippen molar-refractivity contribution in [2.45, 2.75) is 51.5 Å². The van der Waals surface area contributed by atoms with Crippen molar-refractivity contribution in [3.63, 3.8) is 0 Å². The largest absolute Gasteiger partial charge is 0.368 e. The molecule has 0 spiro atoms. The highest BCUT2D eigenvalue weighted by Crippen LogP contribution is 2.36. The van der Waals surface area contributed by atoms with Gasteiger partial charge in [-0.25, -0.2) is 0 Å². The lowest BCUT2D eigenvalue weighted by molar-refractivity contribution is -0.123. The van der Waals surface area contributed by atoms with Gasteiger partial charge in [0.05, 0.1) is 5.54 Å². The lowest BCUT2D eigenvalue weighted by atomic mass is 9.83. The quantitative estimate of drug-likeness (QED) is 0.600. The summed E-state index contributed by atoms with van der Waals surface area (Å²) in [6, 6.07) is 0. The van der Waals surface area contributed by atoms with Crippen LogP contribution in [-0.4, -0.2) is 11.4 Å². The smallest absolute Gasteiger partial charge is 0.237 e. The van der Waals surface area contributed by atoms with Gasteiger partial charge >= 0.3 is 0 Å². The molecule has 0 aromatic rings. The van der Waals surface area contributed by atoms with Crippen molar-refractivity contribution >= 4 is 5.91 Å². The van der Waals surface area contributed by atoms with Gasteiger partial charge in [0.25, 0.3) is 0 Å². The third kappa shape index (κ3) is 2.44. The normalized spacial score (nSPS) is 33.8. The molecule has 13 heavy (non-hydrogen) atoms. The molecule has 76 valence electrons. The van der Waals surface area contributed by atoms with Gasteiger partial charge in [-0.3, -0.25) is 4.79 Å². The summed E-state index contributed by atoms with van der Waals surface area (Å²) in [5.41, 5.74) is 10.8. The Morgan fingerprint density at radius 1 is 1.15 bits per heavy atom. The molecular weight excluding hydrogens is 164 g/mol. The number of rotatable bonds is 1. The van der Waals surface area contributed by atoms with Gasteiger partial charge in [-0.2, -0.15) is 0 Å². The van der Waals surface area contributed by atoms with E-state index < -0.39 is 5.54 Å². The van der Waals surface area contributed by atoms with Gasteiger partial charge < -0.3 is 11.5 Å². The number of primary amides is 1. The van der Waals surface area contributed by atoms with Crippen LogP contribution in [0.1, 0.15) is 46.0 Å². The van der Waals surface area contributed by atoms with E-state index in [1.807, 2.05) is 0 Å². The standard InChI is InChI=1S/C10H20N2O/c1-9(2)4-3-5-10(12,7-6-9)8(11)13/h3-7,12H2,1-2H3,(H2,11,13). The highest BCUT2D eigenvalue weighted by Gasteiger charge is 2.36. The molecule has 0 bridgehead atoms. The summed E-state index contributed by atoms with van der Waals surface area (Å²) in [7, 11) is 0. The molecule has 3 heteroatoms. The van der Waals surface area contributed by atoms with Crippen LogP contribution in [0.25, 0.3) is 0 Å². The van der Waals surface area contributed by atoms with E-state index in [9.17, 15) is 4.79 Å². The molecule has 0 saturated heterocycles. The minimum atomic E-state index is -0.742. The number of carbonyl (C=O) groups excluding carboxylic acids is 1. The summed E-state index contributed by atoms with van der Waals surface area (Å²) >= 11 is 0. The monoisotopic (exact) mass is 184 g/mol. The average molecular weight is 184 g/mol. The predicted octanol–water partition coefficient (Wildman–Crippen LogP) is 1.16. The zero-order valence-electron chi connectivity index (χ0n) is 8.60. The Labute approximate surface area is 79.9 Å². The fourth-order valence-electron chi connectivity index (χ4n) is 1.94. The maximum absolute atomic E-state index is 11.1. The van der Waals surface area contributed by atoms with Crippen molar-refractivity contribution in [2.24, 2.45) is 16.9 Å². The summed E-state index contributed by atoms with van der Waals surface area (Å²) in [6.45, 7) is 4.44. The van der Waals surface area contributed by atoms with E-state index in [1.165, 1.54) is 0 Å². The molecule has 1 unspecified atom stereocenters. The Morgan fingerprint density at radius 3 is 2.31 bits per heavy atom. The first-order valence-electron chi connectivity index (χ1n) is 4.95. The summed E-state index contributed by atoms with van der Waals surface area (Å²) < 4.78 is 0. The number of amides is 1. The van der Waals surface area contributed by atoms with Crippen LogP contribution in [-0.2, 0) is 4.79 Å². The lowest BCUT2D eigenvalue weighted by Crippen LogP contribution is -2.51. The second kappa shape index (κ2) is 3.29. The zero-order chi connectivity index (χ0) is 10.1. The van der Waals surface area contributed by atoms with Gasteiger partial charge in [-0.1, -0.05) is 20.3 Å². The molecule has 0 aliphatic heterocycles. The first-order valence-corrected chi connectivity index (χ1v) is 4.95. The number of carbonyl (C=O) groups is 1. The van der Waals surface area contributed by atoms with Gasteiger partial charge in [0.1, 0.15) is 0 Å². The molecular formula is C10H20N2O. The summed E-state index contributed by atoms with van der Waals surface area (Å²) in [5.74, 6) is -0.342. The van der Waals surface area contributed by atoms with E-state index >= 15 is 0 Å². The van der Waals surface area contributed by atoms with Gasteiger partial charge in [0, 0.05) is 0 Å². The van der Waals surface area contributed by atoms with Crippen LogP contribution >= 0.6 is 0 Å². The van der Waals surface area contributed by atoms with Crippen LogP contribution in [0.3, 0.4) is 0 Å². The van der Waals surface area contributed by atoms with E-state index in [-0.39, 0.29) is 5.91 Å². The minimum absolute atomic E-state index is 0.316. The van der Waals surface area contributed by atoms with Crippen LogP contribution in [0, 0.1) is 5.41 Å². The van der Waals surface area contributed by atoms with Gasteiger partial charge in [-0.15, -0.1) is 0 Å². The third-order valence-corrected chi connectivity index (χ3v) is 3.22. The lowest BCUT2D eigenvalue weighted by Gasteiger charge is -2.25. The SMILES string of the molecule is CC1(C)CCCC(N)(C(N)=O)CC1. The van der Waals surface area contributed by atoms with Crippen molar-refractivity contribution in [3.05, 3.63) is 0 Å². The van der Waals surface area contributed by atoms with Crippen molar-refractivity contribution < 1.29 is 4.79 Å². The Kier molecular flexibility index (Phi) is 2.66. The summed E-state index contributed by atoms with van der Waals surface area (Å²) in [4.78, 5) is 11.1. The molecule has 1 amide bonds. The number of hydrogen-bond acceptors (Lipinski definition) is 2. The molecule has 0 heterocycles. The molecule has 4 N–H and O–H groups in total. The fraction of sp³-hybridized carbons (Fsp3) is 0.900. The van der Waals surface area contributed by atoms with Gasteiger partial charge in [0.2, 0.25) is 5.91 Å². The van der Waals surface area contributed by atoms with Crippen LogP contribution in [0.4, 0.5) is 0 Å². The second-order valence-electron chi connectivity index (χ2n) is 5.04. The Bertz CT molecular complexity index is 213. The first-order chi connectivity index (χ1) is 5.86. The van der Waals surface area contributed by atoms with E-state index in [4.69, 9.17) is 11.5 Å². The number of hydrogen-bond donors (Lipinski definition) is 2. The van der Waals surface area contributed by atoms with E-state index in [0.29, 0.717) is 5.41 Å². The Morgan fingerprint density at radius 2 is 1.77 bits per heavy atom. The minimum Gasteiger partial charge on any atom is -0.368 e. The van der Waals surface area contributed by atoms with Crippen molar-refractivity contribution in [1.82, 2.24) is 0 Å². The first kappa shape index (κ1) is 10.5. The number of nitrogens with two attached hydrogens (primary N) is 2. The van der Waals surface area contributed by atoms with Gasteiger partial charge in [0.15, 0.2) is 0 Å². The molecule has 3 nitrogen and oxygen atoms in total. The molecule has 1 atom stereocenters. The third-order valence-electron chi connectivity index (χ3n) is 3.22. The summed E-state index contributed by atoms with van der Waals surface area (Å²) in [5, 5.41) is 0. The molecule has 0 radical (unpaired) electrons. The molecule has 1 aliphatic carbocycles. The Balaban J connectivity index is 2.69. The van der Waals surface area contributed by atoms with Crippen molar-refractivity contribution in [2.75, 3.05) is 0 Å². The Hall–Kier alpha value is -0.570.